The van der Waals surface area contributed by atoms with E-state index >= 15 is 0 Å². The van der Waals surface area contributed by atoms with Crippen molar-refractivity contribution in [2.75, 3.05) is 0 Å². The van der Waals surface area contributed by atoms with Gasteiger partial charge >= 0.3 is 0 Å². The molecule has 16 heavy (non-hydrogen) atoms. The first-order valence-electron chi connectivity index (χ1n) is 4.87. The van der Waals surface area contributed by atoms with Gasteiger partial charge in [0.15, 0.2) is 5.69 Å². The van der Waals surface area contributed by atoms with Gasteiger partial charge in [0.2, 0.25) is 0 Å². The van der Waals surface area contributed by atoms with Crippen molar-refractivity contribution in [3.8, 4) is 6.07 Å². The number of aryl methyl sites for hydroxylation is 2. The summed E-state index contributed by atoms with van der Waals surface area (Å²) in [7, 11) is 0. The molecule has 80 valence electrons. The Labute approximate surface area is 97.0 Å². The van der Waals surface area contributed by atoms with Crippen LogP contribution in [0, 0.1) is 17.1 Å². The number of halogens is 1. The minimum atomic E-state index is -0.218. The van der Waals surface area contributed by atoms with Crippen molar-refractivity contribution in [1.29, 1.82) is 5.26 Å². The van der Waals surface area contributed by atoms with Crippen LogP contribution < -0.4 is 0 Å². The van der Waals surface area contributed by atoms with E-state index in [0.717, 1.165) is 23.4 Å². The number of nitrogens with zero attached hydrogens (tertiary/aromatic N) is 2. The predicted octanol–water partition coefficient (Wildman–Crippen LogP) is 2.94. The second-order valence-corrected chi connectivity index (χ2v) is 4.31. The summed E-state index contributed by atoms with van der Waals surface area (Å²) in [5, 5.41) is 11.3. The molecule has 2 rings (SSSR count). The van der Waals surface area contributed by atoms with E-state index in [1.54, 1.807) is 17.5 Å². The molecule has 2 nitrogen and oxygen atoms in total. The molecule has 0 saturated carbocycles. The molecular weight excluding hydrogens is 223 g/mol. The highest BCUT2D eigenvalue weighted by Gasteiger charge is 2.01. The summed E-state index contributed by atoms with van der Waals surface area (Å²) >= 11 is 1.49. The smallest absolute Gasteiger partial charge is 0.151 e. The Morgan fingerprint density at radius 2 is 2.00 bits per heavy atom. The van der Waals surface area contributed by atoms with Gasteiger partial charge in [-0.05, 0) is 24.1 Å². The molecule has 0 aliphatic heterocycles. The second kappa shape index (κ2) is 4.86. The van der Waals surface area contributed by atoms with Crippen molar-refractivity contribution in [1.82, 2.24) is 4.98 Å². The zero-order valence-corrected chi connectivity index (χ0v) is 9.30. The van der Waals surface area contributed by atoms with E-state index in [4.69, 9.17) is 5.26 Å². The van der Waals surface area contributed by atoms with Crippen molar-refractivity contribution in [2.24, 2.45) is 0 Å². The highest BCUT2D eigenvalue weighted by Crippen LogP contribution is 2.12. The van der Waals surface area contributed by atoms with Crippen LogP contribution in [0.1, 0.15) is 16.3 Å². The molecule has 0 aliphatic carbocycles. The number of rotatable bonds is 3. The maximum Gasteiger partial charge on any atom is 0.151 e. The average Bonchev–Trinajstić information content (AvgIpc) is 2.76. The normalized spacial score (nSPS) is 10.0. The molecule has 1 aromatic carbocycles. The fourth-order valence-corrected chi connectivity index (χ4v) is 2.10. The van der Waals surface area contributed by atoms with Crippen LogP contribution in [0.25, 0.3) is 0 Å². The van der Waals surface area contributed by atoms with E-state index in [9.17, 15) is 4.39 Å². The van der Waals surface area contributed by atoms with Crippen LogP contribution in [0.3, 0.4) is 0 Å². The molecule has 0 spiro atoms. The van der Waals surface area contributed by atoms with Gasteiger partial charge in [-0.3, -0.25) is 0 Å². The number of benzene rings is 1. The van der Waals surface area contributed by atoms with Gasteiger partial charge in [0, 0.05) is 11.8 Å². The Morgan fingerprint density at radius 3 is 2.62 bits per heavy atom. The van der Waals surface area contributed by atoms with Crippen molar-refractivity contribution in [2.45, 2.75) is 12.8 Å². The molecule has 0 N–H and O–H groups in total. The second-order valence-electron chi connectivity index (χ2n) is 3.36. The van der Waals surface area contributed by atoms with Crippen LogP contribution in [-0.4, -0.2) is 4.98 Å². The zero-order valence-electron chi connectivity index (χ0n) is 8.48. The lowest BCUT2D eigenvalue weighted by Gasteiger charge is -1.98. The van der Waals surface area contributed by atoms with Gasteiger partial charge in [0.25, 0.3) is 0 Å². The van der Waals surface area contributed by atoms with Gasteiger partial charge in [-0.2, -0.15) is 5.26 Å². The number of aromatic nitrogens is 1. The molecule has 0 bridgehead atoms. The van der Waals surface area contributed by atoms with Gasteiger partial charge in [-0.25, -0.2) is 9.37 Å². The van der Waals surface area contributed by atoms with Gasteiger partial charge in [-0.15, -0.1) is 11.3 Å². The largest absolute Gasteiger partial charge is 0.231 e. The minimum absolute atomic E-state index is 0.218. The fraction of sp³-hybridized carbons (Fsp3) is 0.167. The van der Waals surface area contributed by atoms with Crippen LogP contribution in [0.5, 0.6) is 0 Å². The summed E-state index contributed by atoms with van der Waals surface area (Å²) in [4.78, 5) is 4.14. The molecule has 0 amide bonds. The molecule has 0 fully saturated rings. The Kier molecular flexibility index (Phi) is 3.28. The van der Waals surface area contributed by atoms with Crippen LogP contribution in [0.2, 0.25) is 0 Å². The molecule has 1 aromatic heterocycles. The maximum absolute atomic E-state index is 12.7. The first kappa shape index (κ1) is 10.8. The summed E-state index contributed by atoms with van der Waals surface area (Å²) in [6, 6.07) is 8.46. The SMILES string of the molecule is N#Cc1csc(CCc2ccc(F)cc2)n1. The van der Waals surface area contributed by atoms with E-state index in [1.807, 2.05) is 6.07 Å². The van der Waals surface area contributed by atoms with E-state index < -0.39 is 0 Å². The number of hydrogen-bond donors (Lipinski definition) is 0. The minimum Gasteiger partial charge on any atom is -0.231 e. The fourth-order valence-electron chi connectivity index (χ4n) is 1.38. The first-order chi connectivity index (χ1) is 7.78. The van der Waals surface area contributed by atoms with E-state index in [1.165, 1.54) is 23.5 Å². The lowest BCUT2D eigenvalue weighted by Crippen LogP contribution is -1.91. The highest BCUT2D eigenvalue weighted by molar-refractivity contribution is 7.09. The molecule has 0 aliphatic rings. The van der Waals surface area contributed by atoms with E-state index in [2.05, 4.69) is 4.98 Å². The van der Waals surface area contributed by atoms with E-state index in [0.29, 0.717) is 5.69 Å². The molecule has 2 aromatic rings. The summed E-state index contributed by atoms with van der Waals surface area (Å²) in [6.45, 7) is 0. The third kappa shape index (κ3) is 2.65. The van der Waals surface area contributed by atoms with Crippen molar-refractivity contribution < 1.29 is 4.39 Å². The number of hydrogen-bond acceptors (Lipinski definition) is 3. The lowest BCUT2D eigenvalue weighted by atomic mass is 10.1. The van der Waals surface area contributed by atoms with Gasteiger partial charge in [0.05, 0.1) is 5.01 Å². The van der Waals surface area contributed by atoms with Gasteiger partial charge in [0.1, 0.15) is 11.9 Å². The highest BCUT2D eigenvalue weighted by atomic mass is 32.1. The lowest BCUT2D eigenvalue weighted by molar-refractivity contribution is 0.627. The summed E-state index contributed by atoms with van der Waals surface area (Å²) < 4.78 is 12.7. The monoisotopic (exact) mass is 232 g/mol. The van der Waals surface area contributed by atoms with Crippen molar-refractivity contribution in [3.63, 3.8) is 0 Å². The molecule has 0 radical (unpaired) electrons. The average molecular weight is 232 g/mol. The zero-order chi connectivity index (χ0) is 11.4. The van der Waals surface area contributed by atoms with Crippen molar-refractivity contribution in [3.05, 3.63) is 51.7 Å². The summed E-state index contributed by atoms with van der Waals surface area (Å²) in [6.07, 6.45) is 1.61. The number of thiazole rings is 1. The molecule has 4 heteroatoms. The Bertz CT molecular complexity index is 511. The third-order valence-electron chi connectivity index (χ3n) is 2.21. The van der Waals surface area contributed by atoms with Crippen molar-refractivity contribution >= 4 is 11.3 Å². The Hall–Kier alpha value is -1.73. The van der Waals surface area contributed by atoms with Crippen LogP contribution in [0.15, 0.2) is 29.6 Å². The molecule has 1 heterocycles. The first-order valence-corrected chi connectivity index (χ1v) is 5.75. The third-order valence-corrected chi connectivity index (χ3v) is 3.12. The van der Waals surface area contributed by atoms with E-state index in [-0.39, 0.29) is 5.82 Å². The summed E-state index contributed by atoms with van der Waals surface area (Å²) in [5.74, 6) is -0.218. The quantitative estimate of drug-likeness (QED) is 0.815. The van der Waals surface area contributed by atoms with Crippen LogP contribution in [-0.2, 0) is 12.8 Å². The van der Waals surface area contributed by atoms with Gasteiger partial charge < -0.3 is 0 Å². The standard InChI is InChI=1S/C12H9FN2S/c13-10-4-1-9(2-5-10)3-6-12-15-11(7-14)8-16-12/h1-2,4-5,8H,3,6H2. The molecular formula is C12H9FN2S. The molecule has 0 unspecified atom stereocenters. The predicted molar refractivity (Wildman–Crippen MR) is 60.6 cm³/mol. The van der Waals surface area contributed by atoms with Gasteiger partial charge in [-0.1, -0.05) is 12.1 Å². The topological polar surface area (TPSA) is 36.7 Å². The van der Waals surface area contributed by atoms with Crippen LogP contribution >= 0.6 is 11.3 Å². The number of nitriles is 1. The Morgan fingerprint density at radius 1 is 1.25 bits per heavy atom. The Balaban J connectivity index is 1.97. The summed E-state index contributed by atoms with van der Waals surface area (Å²) in [5.41, 5.74) is 1.55. The molecule has 0 atom stereocenters. The maximum atomic E-state index is 12.7. The van der Waals surface area contributed by atoms with Crippen LogP contribution in [0.4, 0.5) is 4.39 Å². The molecule has 0 saturated heterocycles.